The maximum absolute atomic E-state index is 13.0. The van der Waals surface area contributed by atoms with Crippen molar-refractivity contribution in [2.75, 3.05) is 18.5 Å². The van der Waals surface area contributed by atoms with Gasteiger partial charge in [-0.05, 0) is 63.4 Å². The number of carbonyl (C=O) groups is 1. The van der Waals surface area contributed by atoms with Crippen LogP contribution in [0.4, 0.5) is 5.69 Å². The van der Waals surface area contributed by atoms with Gasteiger partial charge < -0.3 is 14.8 Å². The Balaban J connectivity index is 1.88. The molecule has 8 heteroatoms. The summed E-state index contributed by atoms with van der Waals surface area (Å²) in [6.45, 7) is 6.43. The minimum Gasteiger partial charge on any atom is -0.494 e. The minimum absolute atomic E-state index is 0.00589. The molecule has 1 saturated carbocycles. The lowest BCUT2D eigenvalue weighted by atomic mass is 10.1. The molecule has 0 atom stereocenters. The largest absolute Gasteiger partial charge is 0.494 e. The molecular weight excluding hydrogens is 392 g/mol. The Bertz CT molecular complexity index is 1000. The minimum atomic E-state index is -3.65. The van der Waals surface area contributed by atoms with Crippen LogP contribution in [0.5, 0.6) is 11.5 Å². The van der Waals surface area contributed by atoms with E-state index in [0.29, 0.717) is 36.0 Å². The Morgan fingerprint density at radius 1 is 1.07 bits per heavy atom. The molecule has 0 radical (unpaired) electrons. The van der Waals surface area contributed by atoms with E-state index in [1.165, 1.54) is 12.1 Å². The molecule has 2 aromatic rings. The Morgan fingerprint density at radius 2 is 1.79 bits per heavy atom. The summed E-state index contributed by atoms with van der Waals surface area (Å²) in [5, 5.41) is 2.82. The number of anilines is 1. The standard InChI is InChI=1S/C21H26N2O5S/c1-4-27-16-9-11-20(28-5-2)19(12-16)22-21(24)18-13-17(10-6-14(18)3)29(25,26)23-15-7-8-15/h6,9-13,15,23H,4-5,7-8H2,1-3H3,(H,22,24). The van der Waals surface area contributed by atoms with E-state index < -0.39 is 15.9 Å². The highest BCUT2D eigenvalue weighted by atomic mass is 32.2. The Morgan fingerprint density at radius 3 is 2.45 bits per heavy atom. The van der Waals surface area contributed by atoms with E-state index >= 15 is 0 Å². The van der Waals surface area contributed by atoms with Gasteiger partial charge in [-0.3, -0.25) is 4.79 Å². The molecule has 2 aromatic carbocycles. The zero-order valence-corrected chi connectivity index (χ0v) is 17.6. The second-order valence-corrected chi connectivity index (χ2v) is 8.56. The van der Waals surface area contributed by atoms with Gasteiger partial charge in [-0.1, -0.05) is 6.07 Å². The van der Waals surface area contributed by atoms with Gasteiger partial charge >= 0.3 is 0 Å². The summed E-state index contributed by atoms with van der Waals surface area (Å²) in [5.74, 6) is 0.703. The van der Waals surface area contributed by atoms with Gasteiger partial charge in [0, 0.05) is 17.7 Å². The molecule has 29 heavy (non-hydrogen) atoms. The number of nitrogens with one attached hydrogen (secondary N) is 2. The molecule has 0 unspecified atom stereocenters. The number of hydrogen-bond donors (Lipinski definition) is 2. The van der Waals surface area contributed by atoms with Crippen LogP contribution in [0.2, 0.25) is 0 Å². The summed E-state index contributed by atoms with van der Waals surface area (Å²) in [4.78, 5) is 13.0. The molecule has 0 bridgehead atoms. The van der Waals surface area contributed by atoms with Gasteiger partial charge in [0.15, 0.2) is 0 Å². The number of rotatable bonds is 9. The molecule has 0 saturated heterocycles. The maximum Gasteiger partial charge on any atom is 0.256 e. The Hall–Kier alpha value is -2.58. The number of hydrogen-bond acceptors (Lipinski definition) is 5. The summed E-state index contributed by atoms with van der Waals surface area (Å²) < 4.78 is 38.7. The van der Waals surface area contributed by atoms with E-state index in [9.17, 15) is 13.2 Å². The summed E-state index contributed by atoms with van der Waals surface area (Å²) in [6, 6.07) is 9.74. The summed E-state index contributed by atoms with van der Waals surface area (Å²) in [6.07, 6.45) is 1.68. The number of amides is 1. The molecule has 1 amide bonds. The molecule has 156 valence electrons. The second kappa shape index (κ2) is 8.84. The van der Waals surface area contributed by atoms with Crippen LogP contribution < -0.4 is 19.5 Å². The van der Waals surface area contributed by atoms with Gasteiger partial charge in [-0.25, -0.2) is 13.1 Å². The molecule has 0 heterocycles. The van der Waals surface area contributed by atoms with Crippen LogP contribution in [0.3, 0.4) is 0 Å². The highest BCUT2D eigenvalue weighted by molar-refractivity contribution is 7.89. The van der Waals surface area contributed by atoms with Crippen molar-refractivity contribution in [2.24, 2.45) is 0 Å². The number of benzene rings is 2. The van der Waals surface area contributed by atoms with Gasteiger partial charge in [0.05, 0.1) is 23.8 Å². The first-order chi connectivity index (χ1) is 13.8. The first-order valence-corrected chi connectivity index (χ1v) is 11.2. The average Bonchev–Trinajstić information content (AvgIpc) is 3.47. The number of ether oxygens (including phenoxy) is 2. The van der Waals surface area contributed by atoms with Gasteiger partial charge in [0.2, 0.25) is 10.0 Å². The van der Waals surface area contributed by atoms with Crippen molar-refractivity contribution in [1.82, 2.24) is 4.72 Å². The molecule has 3 rings (SSSR count). The normalized spacial score (nSPS) is 13.8. The number of carbonyl (C=O) groups excluding carboxylic acids is 1. The lowest BCUT2D eigenvalue weighted by Gasteiger charge is -2.15. The van der Waals surface area contributed by atoms with Crippen molar-refractivity contribution in [3.8, 4) is 11.5 Å². The Labute approximate surface area is 171 Å². The lowest BCUT2D eigenvalue weighted by molar-refractivity contribution is 0.102. The van der Waals surface area contributed by atoms with Crippen molar-refractivity contribution in [3.05, 3.63) is 47.5 Å². The van der Waals surface area contributed by atoms with Crippen molar-refractivity contribution in [3.63, 3.8) is 0 Å². The quantitative estimate of drug-likeness (QED) is 0.650. The van der Waals surface area contributed by atoms with E-state index in [0.717, 1.165) is 12.8 Å². The van der Waals surface area contributed by atoms with E-state index in [1.807, 2.05) is 13.8 Å². The monoisotopic (exact) mass is 418 g/mol. The highest BCUT2D eigenvalue weighted by Crippen LogP contribution is 2.30. The molecule has 2 N–H and O–H groups in total. The molecule has 7 nitrogen and oxygen atoms in total. The lowest BCUT2D eigenvalue weighted by Crippen LogP contribution is -2.26. The number of sulfonamides is 1. The first-order valence-electron chi connectivity index (χ1n) is 9.68. The fourth-order valence-electron chi connectivity index (χ4n) is 2.84. The van der Waals surface area contributed by atoms with Crippen LogP contribution in [0.15, 0.2) is 41.3 Å². The van der Waals surface area contributed by atoms with E-state index in [-0.39, 0.29) is 16.5 Å². The fraction of sp³-hybridized carbons (Fsp3) is 0.381. The molecule has 1 aliphatic carbocycles. The first kappa shape index (κ1) is 21.1. The maximum atomic E-state index is 13.0. The van der Waals surface area contributed by atoms with Crippen molar-refractivity contribution in [1.29, 1.82) is 0 Å². The van der Waals surface area contributed by atoms with Crippen LogP contribution in [-0.2, 0) is 10.0 Å². The third-order valence-corrected chi connectivity index (χ3v) is 5.99. The Kier molecular flexibility index (Phi) is 6.44. The molecular formula is C21H26N2O5S. The van der Waals surface area contributed by atoms with Gasteiger partial charge in [0.1, 0.15) is 11.5 Å². The summed E-state index contributed by atoms with van der Waals surface area (Å²) in [5.41, 5.74) is 1.42. The smallest absolute Gasteiger partial charge is 0.256 e. The summed E-state index contributed by atoms with van der Waals surface area (Å²) in [7, 11) is -3.65. The van der Waals surface area contributed by atoms with Crippen molar-refractivity contribution in [2.45, 2.75) is 44.6 Å². The predicted octanol–water partition coefficient (Wildman–Crippen LogP) is 3.49. The van der Waals surface area contributed by atoms with Crippen LogP contribution >= 0.6 is 0 Å². The van der Waals surface area contributed by atoms with Crippen LogP contribution in [0.1, 0.15) is 42.6 Å². The van der Waals surface area contributed by atoms with Crippen molar-refractivity contribution >= 4 is 21.6 Å². The highest BCUT2D eigenvalue weighted by Gasteiger charge is 2.28. The van der Waals surface area contributed by atoms with E-state index in [4.69, 9.17) is 9.47 Å². The van der Waals surface area contributed by atoms with Crippen LogP contribution in [0.25, 0.3) is 0 Å². The summed E-state index contributed by atoms with van der Waals surface area (Å²) >= 11 is 0. The molecule has 0 spiro atoms. The van der Waals surface area contributed by atoms with Crippen LogP contribution in [0, 0.1) is 6.92 Å². The topological polar surface area (TPSA) is 93.7 Å². The van der Waals surface area contributed by atoms with Gasteiger partial charge in [-0.2, -0.15) is 0 Å². The average molecular weight is 419 g/mol. The second-order valence-electron chi connectivity index (χ2n) is 6.85. The van der Waals surface area contributed by atoms with E-state index in [1.54, 1.807) is 31.2 Å². The fourth-order valence-corrected chi connectivity index (χ4v) is 4.17. The predicted molar refractivity (Wildman–Crippen MR) is 111 cm³/mol. The third kappa shape index (κ3) is 5.27. The van der Waals surface area contributed by atoms with Gasteiger partial charge in [-0.15, -0.1) is 0 Å². The third-order valence-electron chi connectivity index (χ3n) is 4.47. The molecule has 0 aromatic heterocycles. The van der Waals surface area contributed by atoms with E-state index in [2.05, 4.69) is 10.0 Å². The zero-order chi connectivity index (χ0) is 21.0. The SMILES string of the molecule is CCOc1ccc(OCC)c(NC(=O)c2cc(S(=O)(=O)NC3CC3)ccc2C)c1. The van der Waals surface area contributed by atoms with Crippen molar-refractivity contribution < 1.29 is 22.7 Å². The molecule has 0 aliphatic heterocycles. The van der Waals surface area contributed by atoms with Crippen LogP contribution in [-0.4, -0.2) is 33.6 Å². The molecule has 1 fully saturated rings. The van der Waals surface area contributed by atoms with Gasteiger partial charge in [0.25, 0.3) is 5.91 Å². The molecule has 1 aliphatic rings. The number of aryl methyl sites for hydroxylation is 1. The zero-order valence-electron chi connectivity index (χ0n) is 16.8.